The molecule has 4 aromatic heterocycles. The van der Waals surface area contributed by atoms with Crippen LogP contribution in [0.1, 0.15) is 32.4 Å². The number of amides is 2. The number of nitrogens with zero attached hydrogens (tertiary/aromatic N) is 3. The molecule has 2 aromatic carbocycles. The normalized spacial score (nSPS) is 12.3. The number of fused-ring (bicyclic) bond motifs is 2. The largest absolute Gasteiger partial charge is 0.504 e. The lowest BCUT2D eigenvalue weighted by molar-refractivity contribution is -0.147. The Kier molecular flexibility index (Phi) is 9.04. The number of carbonyl (C=O) groups excluding carboxylic acids is 2. The second-order valence-electron chi connectivity index (χ2n) is 11.0. The van der Waals surface area contributed by atoms with Gasteiger partial charge in [-0.05, 0) is 42.3 Å². The quantitative estimate of drug-likeness (QED) is 0.114. The van der Waals surface area contributed by atoms with Crippen LogP contribution in [0.4, 0.5) is 8.78 Å². The summed E-state index contributed by atoms with van der Waals surface area (Å²) in [5.74, 6) is -8.81. The van der Waals surface area contributed by atoms with Crippen molar-refractivity contribution in [1.29, 1.82) is 5.26 Å². The zero-order chi connectivity index (χ0) is 36.7. The van der Waals surface area contributed by atoms with Crippen molar-refractivity contribution in [3.63, 3.8) is 0 Å². The van der Waals surface area contributed by atoms with E-state index in [1.54, 1.807) is 10.8 Å². The maximum absolute atomic E-state index is 13.5. The van der Waals surface area contributed by atoms with E-state index in [0.717, 1.165) is 22.7 Å². The molecule has 0 aliphatic carbocycles. The van der Waals surface area contributed by atoms with Crippen LogP contribution in [0.15, 0.2) is 59.3 Å². The third-order valence-corrected chi connectivity index (χ3v) is 9.82. The van der Waals surface area contributed by atoms with Gasteiger partial charge < -0.3 is 31.1 Å². The fraction of sp³-hybridized carbons (Fsp3) is 0.0882. The molecule has 6 aromatic rings. The average molecular weight is 730 g/mol. The molecule has 0 fully saturated rings. The predicted molar refractivity (Wildman–Crippen MR) is 181 cm³/mol. The molecule has 4 heterocycles. The molecule has 17 heteroatoms. The highest BCUT2D eigenvalue weighted by atomic mass is 32.1. The SMILES string of the molecule is Cc1nc(C(=O)NC(C(=O)O)C(NC(=O)c2nc(C#N)c3c(-c4ccc(F)cc4)csc3c2O)C(=O)O)c(O)c2scc(-c3ccc(F)cc3)c12. The maximum Gasteiger partial charge on any atom is 0.329 e. The standard InChI is InChI=1S/C34H21F2N5O8S2/c1-13-21-18(14-2-6-16(35)7-3-14)11-50-29(21)27(42)25(38-13)31(44)40-23(33(46)47)24(34(48)49)41-32(45)26-28(43)30-22(20(10-37)39-26)19(12-51-30)15-4-8-17(36)9-5-15/h2-9,11-12,23-24,42-43H,1H3,(H,40,44)(H,41,45)(H,46,47)(H,48,49). The molecule has 2 atom stereocenters. The summed E-state index contributed by atoms with van der Waals surface area (Å²) in [6, 6.07) is 7.90. The van der Waals surface area contributed by atoms with Gasteiger partial charge in [-0.2, -0.15) is 5.26 Å². The summed E-state index contributed by atoms with van der Waals surface area (Å²) in [6.07, 6.45) is 0. The van der Waals surface area contributed by atoms with Crippen LogP contribution in [0.5, 0.6) is 11.5 Å². The lowest BCUT2D eigenvalue weighted by Gasteiger charge is -2.23. The van der Waals surface area contributed by atoms with E-state index in [1.165, 1.54) is 55.5 Å². The van der Waals surface area contributed by atoms with Gasteiger partial charge in [0, 0.05) is 38.4 Å². The van der Waals surface area contributed by atoms with Crippen LogP contribution in [0, 0.1) is 29.9 Å². The Morgan fingerprint density at radius 3 is 1.57 bits per heavy atom. The number of pyridine rings is 2. The summed E-state index contributed by atoms with van der Waals surface area (Å²) in [5, 5.41) is 59.5. The highest BCUT2D eigenvalue weighted by Gasteiger charge is 2.39. The first kappa shape index (κ1) is 34.4. The molecule has 0 bridgehead atoms. The second-order valence-corrected chi connectivity index (χ2v) is 12.7. The molecular weight excluding hydrogens is 709 g/mol. The van der Waals surface area contributed by atoms with Gasteiger partial charge in [0.1, 0.15) is 17.7 Å². The van der Waals surface area contributed by atoms with Crippen LogP contribution >= 0.6 is 22.7 Å². The van der Waals surface area contributed by atoms with Crippen LogP contribution in [0.25, 0.3) is 42.4 Å². The number of nitriles is 1. The van der Waals surface area contributed by atoms with Gasteiger partial charge >= 0.3 is 11.9 Å². The summed E-state index contributed by atoms with van der Waals surface area (Å²) in [5.41, 5.74) is 0.531. The zero-order valence-corrected chi connectivity index (χ0v) is 27.4. The number of aliphatic carboxylic acids is 2. The predicted octanol–water partition coefficient (Wildman–Crippen LogP) is 5.18. The third-order valence-electron chi connectivity index (χ3n) is 7.85. The number of hydrogen-bond donors (Lipinski definition) is 6. The number of hydrogen-bond acceptors (Lipinski definition) is 11. The van der Waals surface area contributed by atoms with Crippen LogP contribution in [0.3, 0.4) is 0 Å². The minimum Gasteiger partial charge on any atom is -0.504 e. The van der Waals surface area contributed by atoms with Crippen molar-refractivity contribution in [3.8, 4) is 39.8 Å². The molecule has 256 valence electrons. The molecule has 13 nitrogen and oxygen atoms in total. The van der Waals surface area contributed by atoms with E-state index in [2.05, 4.69) is 9.97 Å². The molecule has 2 amide bonds. The van der Waals surface area contributed by atoms with Crippen LogP contribution in [-0.4, -0.2) is 66.2 Å². The molecule has 6 N–H and O–H groups in total. The Labute approximate surface area is 292 Å². The molecule has 2 unspecified atom stereocenters. The Morgan fingerprint density at radius 2 is 1.14 bits per heavy atom. The highest BCUT2D eigenvalue weighted by molar-refractivity contribution is 7.18. The minimum absolute atomic E-state index is 0.0180. The van der Waals surface area contributed by atoms with Crippen molar-refractivity contribution in [2.24, 2.45) is 0 Å². The second kappa shape index (κ2) is 13.4. The topological polar surface area (TPSA) is 223 Å². The molecule has 51 heavy (non-hydrogen) atoms. The lowest BCUT2D eigenvalue weighted by atomic mass is 10.0. The Bertz CT molecular complexity index is 2460. The number of aryl methyl sites for hydroxylation is 1. The van der Waals surface area contributed by atoms with Gasteiger partial charge in [-0.25, -0.2) is 28.3 Å². The number of aromatic hydroxyl groups is 2. The first-order valence-corrected chi connectivity index (χ1v) is 16.3. The van der Waals surface area contributed by atoms with Gasteiger partial charge in [0.25, 0.3) is 11.8 Å². The van der Waals surface area contributed by atoms with E-state index in [9.17, 15) is 53.6 Å². The summed E-state index contributed by atoms with van der Waals surface area (Å²) in [4.78, 5) is 59.4. The van der Waals surface area contributed by atoms with Gasteiger partial charge in [-0.15, -0.1) is 22.7 Å². The molecule has 0 aliphatic rings. The third kappa shape index (κ3) is 6.24. The fourth-order valence-electron chi connectivity index (χ4n) is 5.45. The van der Waals surface area contributed by atoms with Crippen molar-refractivity contribution in [1.82, 2.24) is 20.6 Å². The number of carboxylic acids is 2. The van der Waals surface area contributed by atoms with Crippen molar-refractivity contribution in [2.75, 3.05) is 0 Å². The van der Waals surface area contributed by atoms with Crippen LogP contribution in [-0.2, 0) is 9.59 Å². The number of carbonyl (C=O) groups is 4. The van der Waals surface area contributed by atoms with Crippen LogP contribution in [0.2, 0.25) is 0 Å². The number of benzene rings is 2. The molecule has 0 saturated heterocycles. The van der Waals surface area contributed by atoms with E-state index >= 15 is 0 Å². The number of carboxylic acid groups (broad SMARTS) is 2. The number of nitrogens with one attached hydrogen (secondary N) is 2. The van der Waals surface area contributed by atoms with E-state index < -0.39 is 70.4 Å². The Hall–Kier alpha value is -6.51. The summed E-state index contributed by atoms with van der Waals surface area (Å²) >= 11 is 1.95. The Morgan fingerprint density at radius 1 is 0.725 bits per heavy atom. The van der Waals surface area contributed by atoms with E-state index in [4.69, 9.17) is 0 Å². The molecule has 0 saturated carbocycles. The van der Waals surface area contributed by atoms with Gasteiger partial charge in [0.2, 0.25) is 0 Å². The number of aromatic nitrogens is 2. The summed E-state index contributed by atoms with van der Waals surface area (Å²) in [6.45, 7) is 1.52. The van der Waals surface area contributed by atoms with Crippen molar-refractivity contribution < 1.29 is 48.4 Å². The molecule has 0 radical (unpaired) electrons. The van der Waals surface area contributed by atoms with Gasteiger partial charge in [0.15, 0.2) is 40.7 Å². The van der Waals surface area contributed by atoms with Crippen molar-refractivity contribution >= 4 is 66.6 Å². The number of thiophene rings is 2. The van der Waals surface area contributed by atoms with Crippen molar-refractivity contribution in [3.05, 3.63) is 93.7 Å². The van der Waals surface area contributed by atoms with Crippen molar-refractivity contribution in [2.45, 2.75) is 19.0 Å². The number of halogens is 2. The smallest absolute Gasteiger partial charge is 0.329 e. The fourth-order valence-corrected chi connectivity index (χ4v) is 7.54. The first-order chi connectivity index (χ1) is 24.3. The molecule has 0 aliphatic heterocycles. The Balaban J connectivity index is 1.30. The summed E-state index contributed by atoms with van der Waals surface area (Å²) < 4.78 is 27.2. The summed E-state index contributed by atoms with van der Waals surface area (Å²) in [7, 11) is 0. The lowest BCUT2D eigenvalue weighted by Crippen LogP contribution is -2.59. The average Bonchev–Trinajstić information content (AvgIpc) is 3.75. The van der Waals surface area contributed by atoms with Gasteiger partial charge in [-0.1, -0.05) is 24.3 Å². The van der Waals surface area contributed by atoms with E-state index in [0.29, 0.717) is 27.6 Å². The van der Waals surface area contributed by atoms with E-state index in [1.807, 2.05) is 16.7 Å². The molecular formula is C34H21F2N5O8S2. The highest BCUT2D eigenvalue weighted by Crippen LogP contribution is 2.42. The number of rotatable bonds is 9. The van der Waals surface area contributed by atoms with Crippen LogP contribution < -0.4 is 10.6 Å². The van der Waals surface area contributed by atoms with Gasteiger partial charge in [0.05, 0.1) is 9.40 Å². The monoisotopic (exact) mass is 729 g/mol. The zero-order valence-electron chi connectivity index (χ0n) is 25.8. The molecule has 6 rings (SSSR count). The minimum atomic E-state index is -2.36. The van der Waals surface area contributed by atoms with Gasteiger partial charge in [-0.3, -0.25) is 9.59 Å². The molecule has 0 spiro atoms. The first-order valence-electron chi connectivity index (χ1n) is 14.5. The maximum atomic E-state index is 13.5. The van der Waals surface area contributed by atoms with E-state index in [-0.39, 0.29) is 26.2 Å².